The summed E-state index contributed by atoms with van der Waals surface area (Å²) in [5, 5.41) is 3.03. The molecule has 2 rings (SSSR count). The summed E-state index contributed by atoms with van der Waals surface area (Å²) >= 11 is 0. The third-order valence-electron chi connectivity index (χ3n) is 2.52. The summed E-state index contributed by atoms with van der Waals surface area (Å²) in [7, 11) is 0. The third kappa shape index (κ3) is 2.44. The number of halogens is 4. The van der Waals surface area contributed by atoms with E-state index < -0.39 is 17.5 Å². The number of rotatable bonds is 1. The predicted molar refractivity (Wildman–Crippen MR) is 53.8 cm³/mol. The Labute approximate surface area is 92.1 Å². The van der Waals surface area contributed by atoms with Crippen LogP contribution in [-0.2, 0) is 0 Å². The fraction of sp³-hybridized carbons (Fsp3) is 0.400. The molecule has 1 heterocycles. The molecule has 1 aliphatic rings. The van der Waals surface area contributed by atoms with Crippen LogP contribution >= 0.6 is 12.4 Å². The van der Waals surface area contributed by atoms with Crippen molar-refractivity contribution in [3.05, 3.63) is 35.1 Å². The Morgan fingerprint density at radius 3 is 2.53 bits per heavy atom. The van der Waals surface area contributed by atoms with Crippen LogP contribution in [0.3, 0.4) is 0 Å². The minimum atomic E-state index is -1.10. The second-order valence-electron chi connectivity index (χ2n) is 3.48. The molecule has 0 spiro atoms. The van der Waals surface area contributed by atoms with Crippen molar-refractivity contribution in [2.75, 3.05) is 13.1 Å². The summed E-state index contributed by atoms with van der Waals surface area (Å²) in [5.41, 5.74) is 0.146. The van der Waals surface area contributed by atoms with E-state index in [1.807, 2.05) is 0 Å². The highest BCUT2D eigenvalue weighted by molar-refractivity contribution is 5.85. The largest absolute Gasteiger partial charge is 0.316 e. The molecule has 1 fully saturated rings. The standard InChI is InChI=1S/C10H10F3N.ClH/c11-7-3-8(6-1-2-14-5-6)10(13)9(12)4-7;/h3-4,6,14H,1-2,5H2;1H. The van der Waals surface area contributed by atoms with E-state index in [4.69, 9.17) is 0 Å². The van der Waals surface area contributed by atoms with Crippen molar-refractivity contribution in [3.8, 4) is 0 Å². The molecule has 1 unspecified atom stereocenters. The van der Waals surface area contributed by atoms with Gasteiger partial charge in [0.05, 0.1) is 0 Å². The van der Waals surface area contributed by atoms with Gasteiger partial charge >= 0.3 is 0 Å². The highest BCUT2D eigenvalue weighted by Crippen LogP contribution is 2.26. The summed E-state index contributed by atoms with van der Waals surface area (Å²) < 4.78 is 39.0. The minimum Gasteiger partial charge on any atom is -0.316 e. The Bertz CT molecular complexity index is 351. The molecule has 5 heteroatoms. The van der Waals surface area contributed by atoms with Gasteiger partial charge in [-0.3, -0.25) is 0 Å². The second kappa shape index (κ2) is 4.86. The van der Waals surface area contributed by atoms with E-state index in [1.54, 1.807) is 0 Å². The SMILES string of the molecule is Cl.Fc1cc(F)c(F)c(C2CCNC2)c1. The summed E-state index contributed by atoms with van der Waals surface area (Å²) in [5.74, 6) is -2.85. The lowest BCUT2D eigenvalue weighted by Crippen LogP contribution is -2.10. The second-order valence-corrected chi connectivity index (χ2v) is 3.48. The van der Waals surface area contributed by atoms with Crippen molar-refractivity contribution in [1.82, 2.24) is 5.32 Å². The van der Waals surface area contributed by atoms with E-state index in [2.05, 4.69) is 5.32 Å². The molecule has 1 saturated heterocycles. The average Bonchev–Trinajstić information content (AvgIpc) is 2.63. The quantitative estimate of drug-likeness (QED) is 0.741. The van der Waals surface area contributed by atoms with E-state index in [0.29, 0.717) is 12.6 Å². The van der Waals surface area contributed by atoms with E-state index in [9.17, 15) is 13.2 Å². The Hall–Kier alpha value is -0.740. The van der Waals surface area contributed by atoms with Gasteiger partial charge < -0.3 is 5.32 Å². The number of hydrogen-bond donors (Lipinski definition) is 1. The van der Waals surface area contributed by atoms with Crippen LogP contribution in [0.25, 0.3) is 0 Å². The summed E-state index contributed by atoms with van der Waals surface area (Å²) in [6, 6.07) is 1.65. The number of nitrogens with one attached hydrogen (secondary N) is 1. The maximum atomic E-state index is 13.3. The summed E-state index contributed by atoms with van der Waals surface area (Å²) in [4.78, 5) is 0. The normalized spacial score (nSPS) is 20.1. The highest BCUT2D eigenvalue weighted by Gasteiger charge is 2.22. The van der Waals surface area contributed by atoms with Gasteiger partial charge in [0.2, 0.25) is 0 Å². The fourth-order valence-electron chi connectivity index (χ4n) is 1.79. The first-order valence-corrected chi connectivity index (χ1v) is 4.53. The maximum Gasteiger partial charge on any atom is 0.162 e. The number of hydrogen-bond acceptors (Lipinski definition) is 1. The Balaban J connectivity index is 0.00000112. The molecule has 1 aliphatic heterocycles. The van der Waals surface area contributed by atoms with Crippen molar-refractivity contribution in [2.24, 2.45) is 0 Å². The van der Waals surface area contributed by atoms with Gasteiger partial charge in [-0.1, -0.05) is 0 Å². The molecule has 0 bridgehead atoms. The lowest BCUT2D eigenvalue weighted by Gasteiger charge is -2.10. The molecule has 0 radical (unpaired) electrons. The van der Waals surface area contributed by atoms with E-state index in [-0.39, 0.29) is 23.9 Å². The van der Waals surface area contributed by atoms with Gasteiger partial charge in [-0.05, 0) is 24.6 Å². The van der Waals surface area contributed by atoms with Crippen LogP contribution in [0.5, 0.6) is 0 Å². The molecule has 0 aliphatic carbocycles. The van der Waals surface area contributed by atoms with Crippen molar-refractivity contribution < 1.29 is 13.2 Å². The van der Waals surface area contributed by atoms with Gasteiger partial charge in [-0.15, -0.1) is 12.4 Å². The van der Waals surface area contributed by atoms with E-state index in [1.165, 1.54) is 0 Å². The Morgan fingerprint density at radius 1 is 1.20 bits per heavy atom. The monoisotopic (exact) mass is 237 g/mol. The predicted octanol–water partition coefficient (Wildman–Crippen LogP) is 2.60. The highest BCUT2D eigenvalue weighted by atomic mass is 35.5. The van der Waals surface area contributed by atoms with Crippen molar-refractivity contribution in [3.63, 3.8) is 0 Å². The average molecular weight is 238 g/mol. The first-order chi connectivity index (χ1) is 6.68. The molecule has 1 nitrogen and oxygen atoms in total. The molecular formula is C10H11ClF3N. The van der Waals surface area contributed by atoms with Gasteiger partial charge in [0.1, 0.15) is 5.82 Å². The van der Waals surface area contributed by atoms with Crippen LogP contribution in [0.15, 0.2) is 12.1 Å². The van der Waals surface area contributed by atoms with E-state index >= 15 is 0 Å². The van der Waals surface area contributed by atoms with Gasteiger partial charge in [0.25, 0.3) is 0 Å². The van der Waals surface area contributed by atoms with Crippen LogP contribution in [0.4, 0.5) is 13.2 Å². The molecule has 1 atom stereocenters. The molecule has 1 aromatic rings. The fourth-order valence-corrected chi connectivity index (χ4v) is 1.79. The van der Waals surface area contributed by atoms with Gasteiger partial charge in [-0.2, -0.15) is 0 Å². The lowest BCUT2D eigenvalue weighted by molar-refractivity contribution is 0.476. The van der Waals surface area contributed by atoms with Gasteiger partial charge in [0, 0.05) is 18.5 Å². The molecule has 0 saturated carbocycles. The van der Waals surface area contributed by atoms with Crippen molar-refractivity contribution in [1.29, 1.82) is 0 Å². The van der Waals surface area contributed by atoms with E-state index in [0.717, 1.165) is 19.0 Å². The summed E-state index contributed by atoms with van der Waals surface area (Å²) in [6.45, 7) is 1.35. The first kappa shape index (κ1) is 12.3. The Morgan fingerprint density at radius 2 is 1.93 bits per heavy atom. The minimum absolute atomic E-state index is 0. The lowest BCUT2D eigenvalue weighted by atomic mass is 9.97. The Kier molecular flexibility index (Phi) is 3.99. The van der Waals surface area contributed by atoms with Crippen LogP contribution in [0.1, 0.15) is 17.9 Å². The van der Waals surface area contributed by atoms with Crippen molar-refractivity contribution in [2.45, 2.75) is 12.3 Å². The van der Waals surface area contributed by atoms with Gasteiger partial charge in [-0.25, -0.2) is 13.2 Å². The molecule has 84 valence electrons. The smallest absolute Gasteiger partial charge is 0.162 e. The zero-order valence-corrected chi connectivity index (χ0v) is 8.71. The van der Waals surface area contributed by atoms with Crippen LogP contribution in [0.2, 0.25) is 0 Å². The molecule has 1 aromatic carbocycles. The third-order valence-corrected chi connectivity index (χ3v) is 2.52. The summed E-state index contributed by atoms with van der Waals surface area (Å²) in [6.07, 6.45) is 0.722. The van der Waals surface area contributed by atoms with Crippen LogP contribution in [-0.4, -0.2) is 13.1 Å². The molecule has 0 amide bonds. The molecular weight excluding hydrogens is 227 g/mol. The maximum absolute atomic E-state index is 13.3. The molecule has 1 N–H and O–H groups in total. The molecule has 15 heavy (non-hydrogen) atoms. The number of benzene rings is 1. The van der Waals surface area contributed by atoms with Crippen molar-refractivity contribution >= 4 is 12.4 Å². The first-order valence-electron chi connectivity index (χ1n) is 4.53. The zero-order chi connectivity index (χ0) is 10.1. The molecule has 0 aromatic heterocycles. The van der Waals surface area contributed by atoms with Gasteiger partial charge in [0.15, 0.2) is 11.6 Å². The zero-order valence-electron chi connectivity index (χ0n) is 7.90. The van der Waals surface area contributed by atoms with Crippen LogP contribution in [0, 0.1) is 17.5 Å². The van der Waals surface area contributed by atoms with Crippen LogP contribution < -0.4 is 5.32 Å². The topological polar surface area (TPSA) is 12.0 Å².